The van der Waals surface area contributed by atoms with Crippen LogP contribution in [0.5, 0.6) is 5.75 Å². The summed E-state index contributed by atoms with van der Waals surface area (Å²) < 4.78 is 6.82. The number of nitrogens with zero attached hydrogens (tertiary/aromatic N) is 3. The number of ether oxygens (including phenoxy) is 1. The molecular weight excluding hydrogens is 274 g/mol. The molecule has 0 aliphatic heterocycles. The minimum absolute atomic E-state index is 0.0177. The second kappa shape index (κ2) is 6.42. The Morgan fingerprint density at radius 1 is 1.43 bits per heavy atom. The average molecular weight is 289 g/mol. The van der Waals surface area contributed by atoms with Crippen molar-refractivity contribution >= 4 is 17.4 Å². The van der Waals surface area contributed by atoms with Crippen molar-refractivity contribution in [3.05, 3.63) is 42.2 Å². The molecule has 0 spiro atoms. The van der Waals surface area contributed by atoms with Crippen molar-refractivity contribution in [2.45, 2.75) is 0 Å². The van der Waals surface area contributed by atoms with E-state index in [4.69, 9.17) is 15.7 Å². The summed E-state index contributed by atoms with van der Waals surface area (Å²) in [5.41, 5.74) is 6.24. The first-order chi connectivity index (χ1) is 10.1. The van der Waals surface area contributed by atoms with Crippen LogP contribution in [0, 0.1) is 0 Å². The van der Waals surface area contributed by atoms with E-state index in [1.807, 2.05) is 0 Å². The molecule has 0 saturated heterocycles. The van der Waals surface area contributed by atoms with Crippen molar-refractivity contribution in [2.24, 2.45) is 17.9 Å². The smallest absolute Gasteiger partial charge is 0.276 e. The molecule has 2 aromatic rings. The van der Waals surface area contributed by atoms with Gasteiger partial charge in [-0.2, -0.15) is 5.10 Å². The molecule has 0 unspecified atom stereocenters. The Labute approximate surface area is 120 Å². The summed E-state index contributed by atoms with van der Waals surface area (Å²) in [7, 11) is 1.74. The van der Waals surface area contributed by atoms with Crippen molar-refractivity contribution in [1.29, 1.82) is 0 Å². The molecular formula is C13H15N5O3. The van der Waals surface area contributed by atoms with Gasteiger partial charge in [0.25, 0.3) is 5.91 Å². The Morgan fingerprint density at radius 3 is 2.71 bits per heavy atom. The van der Waals surface area contributed by atoms with Crippen LogP contribution < -0.4 is 15.8 Å². The predicted octanol–water partition coefficient (Wildman–Crippen LogP) is 0.798. The van der Waals surface area contributed by atoms with Gasteiger partial charge in [0.05, 0.1) is 0 Å². The summed E-state index contributed by atoms with van der Waals surface area (Å²) in [4.78, 5) is 11.9. The molecule has 0 aliphatic rings. The van der Waals surface area contributed by atoms with Crippen molar-refractivity contribution in [3.63, 3.8) is 0 Å². The van der Waals surface area contributed by atoms with Crippen LogP contribution >= 0.6 is 0 Å². The fraction of sp³-hybridized carbons (Fsp3) is 0.154. The molecule has 1 heterocycles. The molecule has 8 heteroatoms. The number of benzene rings is 1. The number of carbonyl (C=O) groups excluding carboxylic acids is 1. The number of aromatic nitrogens is 2. The number of nitrogens with two attached hydrogens (primary N) is 1. The van der Waals surface area contributed by atoms with Gasteiger partial charge in [-0.3, -0.25) is 9.48 Å². The first kappa shape index (κ1) is 14.4. The highest BCUT2D eigenvalue weighted by Gasteiger charge is 2.08. The van der Waals surface area contributed by atoms with Crippen LogP contribution in [0.2, 0.25) is 0 Å². The van der Waals surface area contributed by atoms with E-state index in [0.717, 1.165) is 0 Å². The summed E-state index contributed by atoms with van der Waals surface area (Å²) in [6.45, 7) is -0.0177. The number of carbonyl (C=O) groups is 1. The van der Waals surface area contributed by atoms with Gasteiger partial charge in [-0.1, -0.05) is 5.16 Å². The molecule has 0 atom stereocenters. The molecule has 0 saturated carbocycles. The zero-order valence-corrected chi connectivity index (χ0v) is 11.4. The number of aryl methyl sites for hydroxylation is 1. The lowest BCUT2D eigenvalue weighted by Gasteiger charge is -2.07. The molecule has 21 heavy (non-hydrogen) atoms. The van der Waals surface area contributed by atoms with Crippen LogP contribution in [0.15, 0.2) is 41.7 Å². The number of anilines is 1. The van der Waals surface area contributed by atoms with E-state index in [9.17, 15) is 4.79 Å². The Morgan fingerprint density at radius 2 is 2.14 bits per heavy atom. The van der Waals surface area contributed by atoms with Crippen LogP contribution in [0.25, 0.3) is 0 Å². The topological polar surface area (TPSA) is 115 Å². The molecule has 4 N–H and O–H groups in total. The molecule has 0 aliphatic carbocycles. The van der Waals surface area contributed by atoms with Gasteiger partial charge in [-0.15, -0.1) is 0 Å². The first-order valence-corrected chi connectivity index (χ1v) is 6.09. The lowest BCUT2D eigenvalue weighted by atomic mass is 10.3. The zero-order chi connectivity index (χ0) is 15.2. The number of amidine groups is 1. The Kier molecular flexibility index (Phi) is 4.39. The maximum Gasteiger partial charge on any atom is 0.276 e. The lowest BCUT2D eigenvalue weighted by molar-refractivity contribution is 0.102. The van der Waals surface area contributed by atoms with E-state index in [0.29, 0.717) is 17.1 Å². The summed E-state index contributed by atoms with van der Waals surface area (Å²) >= 11 is 0. The van der Waals surface area contributed by atoms with Gasteiger partial charge in [0, 0.05) is 18.9 Å². The summed E-state index contributed by atoms with van der Waals surface area (Å²) in [5, 5.41) is 17.9. The summed E-state index contributed by atoms with van der Waals surface area (Å²) in [6, 6.07) is 8.33. The summed E-state index contributed by atoms with van der Waals surface area (Å²) in [5.74, 6) is 0.223. The molecule has 2 rings (SSSR count). The standard InChI is InChI=1S/C13H15N5O3/c1-18-7-6-11(16-18)13(19)15-9-2-4-10(5-3-9)21-8-12(14)17-20/h2-7,20H,8H2,1H3,(H2,14,17)(H,15,19). The molecule has 1 aromatic heterocycles. The van der Waals surface area contributed by atoms with Gasteiger partial charge in [-0.25, -0.2) is 0 Å². The molecule has 110 valence electrons. The Balaban J connectivity index is 1.94. The zero-order valence-electron chi connectivity index (χ0n) is 11.4. The monoisotopic (exact) mass is 289 g/mol. The van der Waals surface area contributed by atoms with E-state index in [-0.39, 0.29) is 18.3 Å². The fourth-order valence-corrected chi connectivity index (χ4v) is 1.55. The molecule has 1 aromatic carbocycles. The highest BCUT2D eigenvalue weighted by molar-refractivity contribution is 6.02. The number of hydrogen-bond donors (Lipinski definition) is 3. The van der Waals surface area contributed by atoms with Gasteiger partial charge >= 0.3 is 0 Å². The van der Waals surface area contributed by atoms with E-state index < -0.39 is 0 Å². The van der Waals surface area contributed by atoms with Crippen LogP contribution in [0.3, 0.4) is 0 Å². The molecule has 0 radical (unpaired) electrons. The van der Waals surface area contributed by atoms with Gasteiger partial charge in [0.1, 0.15) is 12.4 Å². The minimum atomic E-state index is -0.291. The second-order valence-electron chi connectivity index (χ2n) is 4.23. The largest absolute Gasteiger partial charge is 0.486 e. The van der Waals surface area contributed by atoms with Crippen LogP contribution in [-0.4, -0.2) is 33.3 Å². The number of rotatable bonds is 5. The number of hydrogen-bond acceptors (Lipinski definition) is 5. The van der Waals surface area contributed by atoms with Gasteiger partial charge in [0.2, 0.25) is 0 Å². The van der Waals surface area contributed by atoms with Crippen molar-refractivity contribution in [2.75, 3.05) is 11.9 Å². The molecule has 8 nitrogen and oxygen atoms in total. The van der Waals surface area contributed by atoms with E-state index in [1.54, 1.807) is 48.3 Å². The maximum absolute atomic E-state index is 11.9. The van der Waals surface area contributed by atoms with Gasteiger partial charge < -0.3 is 21.0 Å². The Hall–Kier alpha value is -3.03. The number of nitrogens with one attached hydrogen (secondary N) is 1. The van der Waals surface area contributed by atoms with Gasteiger partial charge in [-0.05, 0) is 30.3 Å². The second-order valence-corrected chi connectivity index (χ2v) is 4.23. The number of amides is 1. The third-order valence-corrected chi connectivity index (χ3v) is 2.57. The summed E-state index contributed by atoms with van der Waals surface area (Å²) in [6.07, 6.45) is 1.69. The molecule has 0 bridgehead atoms. The lowest BCUT2D eigenvalue weighted by Crippen LogP contribution is -2.20. The SMILES string of the molecule is Cn1ccc(C(=O)Nc2ccc(OC/C(N)=N/O)cc2)n1. The van der Waals surface area contributed by atoms with Gasteiger partial charge in [0.15, 0.2) is 11.5 Å². The predicted molar refractivity (Wildman–Crippen MR) is 76.5 cm³/mol. The van der Waals surface area contributed by atoms with E-state index in [1.165, 1.54) is 0 Å². The van der Waals surface area contributed by atoms with Crippen LogP contribution in [0.4, 0.5) is 5.69 Å². The van der Waals surface area contributed by atoms with Crippen molar-refractivity contribution in [1.82, 2.24) is 9.78 Å². The highest BCUT2D eigenvalue weighted by Crippen LogP contribution is 2.16. The van der Waals surface area contributed by atoms with Crippen LogP contribution in [-0.2, 0) is 7.05 Å². The Bertz CT molecular complexity index is 648. The normalized spacial score (nSPS) is 11.2. The molecule has 1 amide bonds. The van der Waals surface area contributed by atoms with E-state index >= 15 is 0 Å². The van der Waals surface area contributed by atoms with E-state index in [2.05, 4.69) is 15.6 Å². The maximum atomic E-state index is 11.9. The molecule has 0 fully saturated rings. The van der Waals surface area contributed by atoms with Crippen molar-refractivity contribution in [3.8, 4) is 5.75 Å². The van der Waals surface area contributed by atoms with Crippen LogP contribution in [0.1, 0.15) is 10.5 Å². The quantitative estimate of drug-likeness (QED) is 0.326. The highest BCUT2D eigenvalue weighted by atomic mass is 16.5. The minimum Gasteiger partial charge on any atom is -0.486 e. The third-order valence-electron chi connectivity index (χ3n) is 2.57. The average Bonchev–Trinajstić information content (AvgIpc) is 2.93. The number of oxime groups is 1. The fourth-order valence-electron chi connectivity index (χ4n) is 1.55. The third kappa shape index (κ3) is 3.96. The van der Waals surface area contributed by atoms with Crippen molar-refractivity contribution < 1.29 is 14.7 Å². The first-order valence-electron chi connectivity index (χ1n) is 6.09.